The van der Waals surface area contributed by atoms with Crippen molar-refractivity contribution in [1.29, 1.82) is 0 Å². The minimum Gasteiger partial charge on any atom is -0.497 e. The van der Waals surface area contributed by atoms with Crippen LogP contribution < -0.4 is 14.8 Å². The normalized spacial score (nSPS) is 19.7. The van der Waals surface area contributed by atoms with Gasteiger partial charge in [-0.2, -0.15) is 0 Å². The van der Waals surface area contributed by atoms with Gasteiger partial charge in [0.15, 0.2) is 5.78 Å². The number of allylic oxidation sites excluding steroid dienone is 3. The lowest BCUT2D eigenvalue weighted by atomic mass is 9.71. The highest BCUT2D eigenvalue weighted by atomic mass is 16.6. The molecule has 0 fully saturated rings. The zero-order valence-corrected chi connectivity index (χ0v) is 20.6. The second-order valence-corrected chi connectivity index (χ2v) is 8.66. The maximum absolute atomic E-state index is 13.7. The number of rotatable bonds is 8. The Morgan fingerprint density at radius 3 is 2.40 bits per heavy atom. The maximum Gasteiger partial charge on any atom is 0.336 e. The number of carbonyl (C=O) groups excluding carboxylic acids is 2. The number of hydrogen-bond donors (Lipinski definition) is 1. The molecule has 7 heteroatoms. The summed E-state index contributed by atoms with van der Waals surface area (Å²) in [5.41, 5.74) is 4.37. The highest BCUT2D eigenvalue weighted by Crippen LogP contribution is 2.47. The second kappa shape index (κ2) is 10.8. The Morgan fingerprint density at radius 2 is 1.71 bits per heavy atom. The summed E-state index contributed by atoms with van der Waals surface area (Å²) in [4.78, 5) is 26.9. The molecule has 7 nitrogen and oxygen atoms in total. The summed E-state index contributed by atoms with van der Waals surface area (Å²) in [6, 6.07) is 15.3. The average Bonchev–Trinajstić information content (AvgIpc) is 2.87. The van der Waals surface area contributed by atoms with Gasteiger partial charge in [0.2, 0.25) is 0 Å². The molecule has 0 saturated carbocycles. The summed E-state index contributed by atoms with van der Waals surface area (Å²) in [5, 5.41) is 3.37. The fourth-order valence-corrected chi connectivity index (χ4v) is 4.93. The van der Waals surface area contributed by atoms with Crippen LogP contribution in [-0.2, 0) is 19.1 Å². The third-order valence-electron chi connectivity index (χ3n) is 6.61. The SMILES string of the molecule is COCCOC(=O)C1=C(C)NC2=C(C(=O)C[C@@H](c3ccc(OC)cc3)C2)[C@@H]1c1ccccc1OC. The molecule has 1 aliphatic heterocycles. The van der Waals surface area contributed by atoms with E-state index in [1.807, 2.05) is 55.5 Å². The van der Waals surface area contributed by atoms with Gasteiger partial charge in [0.1, 0.15) is 18.1 Å². The average molecular weight is 478 g/mol. The lowest BCUT2D eigenvalue weighted by Crippen LogP contribution is -2.36. The van der Waals surface area contributed by atoms with Gasteiger partial charge in [0.05, 0.1) is 32.3 Å². The van der Waals surface area contributed by atoms with Crippen LogP contribution >= 0.6 is 0 Å². The van der Waals surface area contributed by atoms with Crippen LogP contribution in [0.25, 0.3) is 0 Å². The summed E-state index contributed by atoms with van der Waals surface area (Å²) < 4.78 is 21.4. The van der Waals surface area contributed by atoms with Gasteiger partial charge in [-0.1, -0.05) is 30.3 Å². The molecule has 2 aliphatic rings. The van der Waals surface area contributed by atoms with Crippen molar-refractivity contribution in [3.8, 4) is 11.5 Å². The molecule has 0 amide bonds. The lowest BCUT2D eigenvalue weighted by molar-refractivity contribution is -0.140. The largest absolute Gasteiger partial charge is 0.497 e. The Morgan fingerprint density at radius 1 is 0.971 bits per heavy atom. The molecule has 0 bridgehead atoms. The fraction of sp³-hybridized carbons (Fsp3) is 0.357. The Hall–Kier alpha value is -3.58. The molecule has 2 atom stereocenters. The van der Waals surface area contributed by atoms with Crippen LogP contribution in [0.4, 0.5) is 0 Å². The van der Waals surface area contributed by atoms with Crippen molar-refractivity contribution in [2.24, 2.45) is 0 Å². The summed E-state index contributed by atoms with van der Waals surface area (Å²) >= 11 is 0. The molecule has 4 rings (SSSR count). The van der Waals surface area contributed by atoms with Crippen LogP contribution in [0.15, 0.2) is 71.1 Å². The van der Waals surface area contributed by atoms with Crippen molar-refractivity contribution in [2.45, 2.75) is 31.6 Å². The van der Waals surface area contributed by atoms with E-state index in [2.05, 4.69) is 5.32 Å². The van der Waals surface area contributed by atoms with E-state index in [9.17, 15) is 9.59 Å². The Kier molecular flexibility index (Phi) is 7.56. The van der Waals surface area contributed by atoms with E-state index in [4.69, 9.17) is 18.9 Å². The third-order valence-corrected chi connectivity index (χ3v) is 6.61. The predicted octanol–water partition coefficient (Wildman–Crippen LogP) is 4.26. The van der Waals surface area contributed by atoms with Crippen LogP contribution in [0.2, 0.25) is 0 Å². The van der Waals surface area contributed by atoms with Gasteiger partial charge in [-0.05, 0) is 43.0 Å². The molecule has 2 aromatic carbocycles. The number of Topliss-reactive ketones (excluding diaryl/α,β-unsaturated/α-hetero) is 1. The topological polar surface area (TPSA) is 83.1 Å². The van der Waals surface area contributed by atoms with Gasteiger partial charge >= 0.3 is 5.97 Å². The minimum absolute atomic E-state index is 0.00478. The molecule has 0 radical (unpaired) electrons. The fourth-order valence-electron chi connectivity index (χ4n) is 4.93. The first-order valence-corrected chi connectivity index (χ1v) is 11.6. The quantitative estimate of drug-likeness (QED) is 0.449. The maximum atomic E-state index is 13.7. The van der Waals surface area contributed by atoms with Crippen LogP contribution in [0.5, 0.6) is 11.5 Å². The van der Waals surface area contributed by atoms with Crippen LogP contribution in [0.3, 0.4) is 0 Å². The van der Waals surface area contributed by atoms with Crippen molar-refractivity contribution >= 4 is 11.8 Å². The Labute approximate surface area is 205 Å². The highest BCUT2D eigenvalue weighted by Gasteiger charge is 2.42. The van der Waals surface area contributed by atoms with Crippen LogP contribution in [-0.4, -0.2) is 46.3 Å². The first-order valence-electron chi connectivity index (χ1n) is 11.6. The van der Waals surface area contributed by atoms with Crippen molar-refractivity contribution in [3.63, 3.8) is 0 Å². The summed E-state index contributed by atoms with van der Waals surface area (Å²) in [5.74, 6) is 0.372. The number of para-hydroxylation sites is 1. The molecule has 0 spiro atoms. The molecular weight excluding hydrogens is 446 g/mol. The van der Waals surface area contributed by atoms with Crippen molar-refractivity contribution in [3.05, 3.63) is 82.2 Å². The van der Waals surface area contributed by atoms with E-state index >= 15 is 0 Å². The zero-order valence-electron chi connectivity index (χ0n) is 20.6. The molecular formula is C28H31NO6. The first-order chi connectivity index (χ1) is 17.0. The summed E-state index contributed by atoms with van der Waals surface area (Å²) in [7, 11) is 4.77. The van der Waals surface area contributed by atoms with E-state index in [0.29, 0.717) is 42.0 Å². The number of nitrogens with one attached hydrogen (secondary N) is 1. The number of benzene rings is 2. The monoisotopic (exact) mass is 477 g/mol. The van der Waals surface area contributed by atoms with E-state index < -0.39 is 11.9 Å². The van der Waals surface area contributed by atoms with Gasteiger partial charge in [0, 0.05) is 36.1 Å². The molecule has 1 heterocycles. The highest BCUT2D eigenvalue weighted by molar-refractivity contribution is 6.04. The van der Waals surface area contributed by atoms with Crippen molar-refractivity contribution in [1.82, 2.24) is 5.32 Å². The van der Waals surface area contributed by atoms with Gasteiger partial charge in [-0.15, -0.1) is 0 Å². The lowest BCUT2D eigenvalue weighted by Gasteiger charge is -2.37. The van der Waals surface area contributed by atoms with Crippen molar-refractivity contribution < 1.29 is 28.5 Å². The number of dihydropyridines is 1. The van der Waals surface area contributed by atoms with E-state index in [0.717, 1.165) is 22.6 Å². The molecule has 0 saturated heterocycles. The number of ketones is 1. The summed E-state index contributed by atoms with van der Waals surface area (Å²) in [6.07, 6.45) is 1.01. The number of ether oxygens (including phenoxy) is 4. The van der Waals surface area contributed by atoms with E-state index in [1.165, 1.54) is 0 Å². The first kappa shape index (κ1) is 24.5. The van der Waals surface area contributed by atoms with Crippen LogP contribution in [0.1, 0.15) is 42.7 Å². The number of hydrogen-bond acceptors (Lipinski definition) is 7. The van der Waals surface area contributed by atoms with Crippen LogP contribution in [0, 0.1) is 0 Å². The van der Waals surface area contributed by atoms with Gasteiger partial charge in [-0.25, -0.2) is 4.79 Å². The predicted molar refractivity (Wildman–Crippen MR) is 131 cm³/mol. The van der Waals surface area contributed by atoms with Gasteiger partial charge < -0.3 is 24.3 Å². The molecule has 184 valence electrons. The van der Waals surface area contributed by atoms with Gasteiger partial charge in [0.25, 0.3) is 0 Å². The minimum atomic E-state index is -0.582. The third kappa shape index (κ3) is 4.95. The Bertz CT molecular complexity index is 1160. The smallest absolute Gasteiger partial charge is 0.336 e. The van der Waals surface area contributed by atoms with Crippen molar-refractivity contribution in [2.75, 3.05) is 34.5 Å². The van der Waals surface area contributed by atoms with E-state index in [1.54, 1.807) is 21.3 Å². The molecule has 2 aromatic rings. The zero-order chi connectivity index (χ0) is 24.9. The van der Waals surface area contributed by atoms with E-state index in [-0.39, 0.29) is 18.3 Å². The molecule has 0 unspecified atom stereocenters. The van der Waals surface area contributed by atoms with Gasteiger partial charge in [-0.3, -0.25) is 4.79 Å². The molecule has 0 aromatic heterocycles. The second-order valence-electron chi connectivity index (χ2n) is 8.66. The molecule has 1 aliphatic carbocycles. The number of methoxy groups -OCH3 is 3. The summed E-state index contributed by atoms with van der Waals surface area (Å²) in [6.45, 7) is 2.27. The number of carbonyl (C=O) groups is 2. The number of esters is 1. The Balaban J connectivity index is 1.76. The standard InChI is InChI=1S/C28H31NO6/c1-17-25(28(31)35-14-13-32-2)26(21-7-5-6-8-24(21)34-4)27-22(29-17)15-19(16-23(27)30)18-9-11-20(33-3)12-10-18/h5-12,19,26,29H,13-16H2,1-4H3/t19-,26+/m0/s1. The molecule has 35 heavy (non-hydrogen) atoms. The molecule has 1 N–H and O–H groups in total.